The zero-order chi connectivity index (χ0) is 17.7. The summed E-state index contributed by atoms with van der Waals surface area (Å²) in [6, 6.07) is 2.49. The predicted octanol–water partition coefficient (Wildman–Crippen LogP) is 0.818. The lowest BCUT2D eigenvalue weighted by Gasteiger charge is -2.06. The molecule has 0 spiro atoms. The third-order valence-electron chi connectivity index (χ3n) is 2.74. The Morgan fingerprint density at radius 3 is 2.67 bits per heavy atom. The van der Waals surface area contributed by atoms with Crippen molar-refractivity contribution in [1.29, 1.82) is 0 Å². The minimum Gasteiger partial charge on any atom is -0.369 e. The van der Waals surface area contributed by atoms with Crippen LogP contribution in [-0.2, 0) is 16.0 Å². The van der Waals surface area contributed by atoms with E-state index in [0.29, 0.717) is 11.8 Å². The molecule has 3 amide bonds. The van der Waals surface area contributed by atoms with Crippen molar-refractivity contribution < 1.29 is 23.2 Å². The molecule has 0 fully saturated rings. The molecule has 0 unspecified atom stereocenters. The van der Waals surface area contributed by atoms with Gasteiger partial charge in [-0.2, -0.15) is 0 Å². The molecule has 126 valence electrons. The number of carbonyl (C=O) groups excluding carboxylic acids is 3. The van der Waals surface area contributed by atoms with Crippen molar-refractivity contribution in [3.8, 4) is 0 Å². The van der Waals surface area contributed by atoms with E-state index in [1.807, 2.05) is 0 Å². The largest absolute Gasteiger partial charge is 0.369 e. The first kappa shape index (κ1) is 17.5. The van der Waals surface area contributed by atoms with Gasteiger partial charge in [-0.1, -0.05) is 0 Å². The molecule has 10 heteroatoms. The number of hydrogen-bond acceptors (Lipinski definition) is 5. The molecule has 0 bridgehead atoms. The van der Waals surface area contributed by atoms with Gasteiger partial charge in [0.15, 0.2) is 5.13 Å². The second kappa shape index (κ2) is 7.59. The highest BCUT2D eigenvalue weighted by atomic mass is 32.1. The number of aromatic nitrogens is 1. The van der Waals surface area contributed by atoms with Gasteiger partial charge in [-0.25, -0.2) is 13.8 Å². The van der Waals surface area contributed by atoms with E-state index in [9.17, 15) is 23.2 Å². The number of nitrogens with two attached hydrogens (primary N) is 1. The number of carbonyl (C=O) groups is 3. The zero-order valence-corrected chi connectivity index (χ0v) is 13.0. The number of halogens is 2. The maximum Gasteiger partial charge on any atom is 0.254 e. The molecular weight excluding hydrogens is 342 g/mol. The number of anilines is 1. The maximum absolute atomic E-state index is 13.4. The summed E-state index contributed by atoms with van der Waals surface area (Å²) in [6.45, 7) is -0.430. The molecule has 2 rings (SSSR count). The Kier molecular flexibility index (Phi) is 5.53. The Morgan fingerprint density at radius 1 is 1.25 bits per heavy atom. The monoisotopic (exact) mass is 354 g/mol. The van der Waals surface area contributed by atoms with Gasteiger partial charge in [0.25, 0.3) is 5.91 Å². The summed E-state index contributed by atoms with van der Waals surface area (Å²) in [4.78, 5) is 38.2. The number of nitrogens with one attached hydrogen (secondary N) is 2. The average molecular weight is 354 g/mol. The van der Waals surface area contributed by atoms with Crippen LogP contribution in [0.1, 0.15) is 16.1 Å². The second-order valence-corrected chi connectivity index (χ2v) is 5.50. The molecule has 0 aliphatic rings. The molecule has 1 aromatic heterocycles. The Bertz CT molecular complexity index is 794. The standard InChI is InChI=1S/C14H12F2N4O3S/c15-7-1-2-9(10(16)3-7)13(23)18-5-12(22)20-14-19-8(6-24-14)4-11(17)21/h1-3,6H,4-5H2,(H2,17,21)(H,18,23)(H,19,20,22). The van der Waals surface area contributed by atoms with E-state index in [2.05, 4.69) is 15.6 Å². The molecule has 0 atom stereocenters. The first-order chi connectivity index (χ1) is 11.3. The van der Waals surface area contributed by atoms with E-state index in [1.165, 1.54) is 0 Å². The fourth-order valence-electron chi connectivity index (χ4n) is 1.72. The number of amides is 3. The van der Waals surface area contributed by atoms with Gasteiger partial charge in [-0.05, 0) is 12.1 Å². The van der Waals surface area contributed by atoms with Gasteiger partial charge >= 0.3 is 0 Å². The quantitative estimate of drug-likeness (QED) is 0.712. The molecule has 1 heterocycles. The molecule has 0 saturated carbocycles. The molecule has 0 aliphatic carbocycles. The van der Waals surface area contributed by atoms with Gasteiger partial charge in [0.2, 0.25) is 11.8 Å². The minimum absolute atomic E-state index is 0.0487. The maximum atomic E-state index is 13.4. The molecule has 7 nitrogen and oxygen atoms in total. The lowest BCUT2D eigenvalue weighted by molar-refractivity contribution is -0.117. The fourth-order valence-corrected chi connectivity index (χ4v) is 2.44. The third kappa shape index (κ3) is 4.81. The van der Waals surface area contributed by atoms with Crippen molar-refractivity contribution in [1.82, 2.24) is 10.3 Å². The molecule has 0 radical (unpaired) electrons. The van der Waals surface area contributed by atoms with Crippen molar-refractivity contribution >= 4 is 34.2 Å². The van der Waals surface area contributed by atoms with Crippen LogP contribution < -0.4 is 16.4 Å². The van der Waals surface area contributed by atoms with Gasteiger partial charge in [0, 0.05) is 11.4 Å². The lowest BCUT2D eigenvalue weighted by Crippen LogP contribution is -2.33. The summed E-state index contributed by atoms with van der Waals surface area (Å²) in [7, 11) is 0. The Labute approximate surface area is 138 Å². The third-order valence-corrected chi connectivity index (χ3v) is 3.55. The van der Waals surface area contributed by atoms with Crippen LogP contribution in [-0.4, -0.2) is 29.3 Å². The molecule has 1 aromatic carbocycles. The Morgan fingerprint density at radius 2 is 2.00 bits per heavy atom. The van der Waals surface area contributed by atoms with E-state index < -0.39 is 35.9 Å². The van der Waals surface area contributed by atoms with Gasteiger partial charge in [0.05, 0.1) is 24.2 Å². The van der Waals surface area contributed by atoms with E-state index in [-0.39, 0.29) is 17.1 Å². The SMILES string of the molecule is NC(=O)Cc1csc(NC(=O)CNC(=O)c2ccc(F)cc2F)n1. The van der Waals surface area contributed by atoms with E-state index in [0.717, 1.165) is 23.5 Å². The highest BCUT2D eigenvalue weighted by molar-refractivity contribution is 7.13. The molecule has 0 saturated heterocycles. The van der Waals surface area contributed by atoms with Crippen LogP contribution in [0.15, 0.2) is 23.6 Å². The topological polar surface area (TPSA) is 114 Å². The summed E-state index contributed by atoms with van der Waals surface area (Å²) in [5.74, 6) is -3.82. The number of rotatable bonds is 6. The first-order valence-electron chi connectivity index (χ1n) is 6.61. The van der Waals surface area contributed by atoms with Gasteiger partial charge in [-0.15, -0.1) is 11.3 Å². The number of benzene rings is 1. The molecule has 0 aliphatic heterocycles. The zero-order valence-electron chi connectivity index (χ0n) is 12.1. The highest BCUT2D eigenvalue weighted by Crippen LogP contribution is 2.15. The van der Waals surface area contributed by atoms with Crippen LogP contribution >= 0.6 is 11.3 Å². The fraction of sp³-hybridized carbons (Fsp3) is 0.143. The molecular formula is C14H12F2N4O3S. The van der Waals surface area contributed by atoms with Crippen LogP contribution in [0.2, 0.25) is 0 Å². The van der Waals surface area contributed by atoms with E-state index in [4.69, 9.17) is 5.73 Å². The number of nitrogens with zero attached hydrogens (tertiary/aromatic N) is 1. The van der Waals surface area contributed by atoms with Crippen LogP contribution in [0.4, 0.5) is 13.9 Å². The summed E-state index contributed by atoms with van der Waals surface area (Å²) >= 11 is 1.09. The van der Waals surface area contributed by atoms with Gasteiger partial charge in [0.1, 0.15) is 11.6 Å². The molecule has 4 N–H and O–H groups in total. The van der Waals surface area contributed by atoms with Crippen LogP contribution in [0.25, 0.3) is 0 Å². The number of thiazole rings is 1. The van der Waals surface area contributed by atoms with Crippen molar-refractivity contribution in [3.05, 3.63) is 46.5 Å². The minimum atomic E-state index is -1.02. The smallest absolute Gasteiger partial charge is 0.254 e. The molecule has 24 heavy (non-hydrogen) atoms. The van der Waals surface area contributed by atoms with E-state index in [1.54, 1.807) is 5.38 Å². The van der Waals surface area contributed by atoms with Gasteiger partial charge in [-0.3, -0.25) is 14.4 Å². The highest BCUT2D eigenvalue weighted by Gasteiger charge is 2.14. The van der Waals surface area contributed by atoms with E-state index >= 15 is 0 Å². The van der Waals surface area contributed by atoms with Crippen molar-refractivity contribution in [2.75, 3.05) is 11.9 Å². The average Bonchev–Trinajstić information content (AvgIpc) is 2.91. The number of primary amides is 1. The van der Waals surface area contributed by atoms with Crippen molar-refractivity contribution in [3.63, 3.8) is 0 Å². The lowest BCUT2D eigenvalue weighted by atomic mass is 10.2. The van der Waals surface area contributed by atoms with Gasteiger partial charge < -0.3 is 16.4 Å². The molecule has 2 aromatic rings. The van der Waals surface area contributed by atoms with Crippen LogP contribution in [0.5, 0.6) is 0 Å². The second-order valence-electron chi connectivity index (χ2n) is 4.64. The summed E-state index contributed by atoms with van der Waals surface area (Å²) in [5.41, 5.74) is 5.07. The Balaban J connectivity index is 1.87. The van der Waals surface area contributed by atoms with Crippen molar-refractivity contribution in [2.24, 2.45) is 5.73 Å². The van der Waals surface area contributed by atoms with Crippen LogP contribution in [0, 0.1) is 11.6 Å². The van der Waals surface area contributed by atoms with Crippen molar-refractivity contribution in [2.45, 2.75) is 6.42 Å². The summed E-state index contributed by atoms with van der Waals surface area (Å²) in [6.07, 6.45) is -0.0487. The summed E-state index contributed by atoms with van der Waals surface area (Å²) in [5, 5.41) is 6.42. The normalized spacial score (nSPS) is 10.2. The first-order valence-corrected chi connectivity index (χ1v) is 7.49. The Hall–Kier alpha value is -2.88. The van der Waals surface area contributed by atoms with Crippen LogP contribution in [0.3, 0.4) is 0 Å². The summed E-state index contributed by atoms with van der Waals surface area (Å²) < 4.78 is 26.2. The predicted molar refractivity (Wildman–Crippen MR) is 82.3 cm³/mol. The number of hydrogen-bond donors (Lipinski definition) is 3.